The van der Waals surface area contributed by atoms with Gasteiger partial charge >= 0.3 is 0 Å². The molecular weight excluding hydrogens is 270 g/mol. The van der Waals surface area contributed by atoms with E-state index in [4.69, 9.17) is 4.74 Å². The molecular formula is C15H19N3OS. The third-order valence-corrected chi connectivity index (χ3v) is 4.39. The van der Waals surface area contributed by atoms with Gasteiger partial charge in [-0.1, -0.05) is 12.1 Å². The zero-order valence-electron chi connectivity index (χ0n) is 11.8. The van der Waals surface area contributed by atoms with Gasteiger partial charge in [0.2, 0.25) is 0 Å². The number of methoxy groups -OCH3 is 1. The molecule has 1 aliphatic rings. The van der Waals surface area contributed by atoms with E-state index >= 15 is 0 Å². The van der Waals surface area contributed by atoms with Gasteiger partial charge in [0.15, 0.2) is 5.13 Å². The Bertz CT molecular complexity index is 580. The molecule has 1 fully saturated rings. The van der Waals surface area contributed by atoms with E-state index in [0.29, 0.717) is 6.04 Å². The summed E-state index contributed by atoms with van der Waals surface area (Å²) in [7, 11) is 3.72. The van der Waals surface area contributed by atoms with Crippen molar-refractivity contribution in [2.24, 2.45) is 0 Å². The molecule has 1 N–H and O–H groups in total. The SMILES string of the molecule is COc1ccccc1N(C)c1nc(CNC2CC2)cs1. The Kier molecular flexibility index (Phi) is 3.89. The van der Waals surface area contributed by atoms with Crippen LogP contribution in [0.15, 0.2) is 29.6 Å². The van der Waals surface area contributed by atoms with Gasteiger partial charge in [0, 0.05) is 25.0 Å². The van der Waals surface area contributed by atoms with Crippen molar-refractivity contribution in [2.45, 2.75) is 25.4 Å². The molecule has 106 valence electrons. The maximum absolute atomic E-state index is 5.40. The van der Waals surface area contributed by atoms with Crippen LogP contribution in [0.4, 0.5) is 10.8 Å². The van der Waals surface area contributed by atoms with Crippen LogP contribution in [0.2, 0.25) is 0 Å². The van der Waals surface area contributed by atoms with E-state index in [1.165, 1.54) is 12.8 Å². The second kappa shape index (κ2) is 5.81. The number of hydrogen-bond acceptors (Lipinski definition) is 5. The van der Waals surface area contributed by atoms with Crippen LogP contribution in [-0.2, 0) is 6.54 Å². The maximum Gasteiger partial charge on any atom is 0.189 e. The molecule has 0 spiro atoms. The monoisotopic (exact) mass is 289 g/mol. The Morgan fingerprint density at radius 1 is 1.40 bits per heavy atom. The molecule has 1 aliphatic carbocycles. The molecule has 0 amide bonds. The van der Waals surface area contributed by atoms with Crippen LogP contribution in [0.25, 0.3) is 0 Å². The van der Waals surface area contributed by atoms with Gasteiger partial charge in [-0.25, -0.2) is 4.98 Å². The van der Waals surface area contributed by atoms with Crippen molar-refractivity contribution in [2.75, 3.05) is 19.1 Å². The first kappa shape index (κ1) is 13.4. The van der Waals surface area contributed by atoms with Crippen LogP contribution in [-0.4, -0.2) is 25.2 Å². The second-order valence-corrected chi connectivity index (χ2v) is 5.84. The molecule has 1 saturated carbocycles. The number of rotatable bonds is 6. The highest BCUT2D eigenvalue weighted by Gasteiger charge is 2.20. The van der Waals surface area contributed by atoms with Crippen molar-refractivity contribution < 1.29 is 4.74 Å². The van der Waals surface area contributed by atoms with Crippen LogP contribution in [0.1, 0.15) is 18.5 Å². The van der Waals surface area contributed by atoms with Crippen molar-refractivity contribution in [3.05, 3.63) is 35.3 Å². The van der Waals surface area contributed by atoms with Gasteiger partial charge in [-0.2, -0.15) is 0 Å². The number of anilines is 2. The summed E-state index contributed by atoms with van der Waals surface area (Å²) in [6.45, 7) is 0.862. The number of nitrogens with zero attached hydrogens (tertiary/aromatic N) is 2. The zero-order valence-corrected chi connectivity index (χ0v) is 12.6. The number of benzene rings is 1. The number of ether oxygens (including phenoxy) is 1. The maximum atomic E-state index is 5.40. The second-order valence-electron chi connectivity index (χ2n) is 5.01. The molecule has 0 bridgehead atoms. The van der Waals surface area contributed by atoms with Crippen LogP contribution in [0.3, 0.4) is 0 Å². The summed E-state index contributed by atoms with van der Waals surface area (Å²) in [5, 5.41) is 6.60. The molecule has 2 aromatic rings. The van der Waals surface area contributed by atoms with Gasteiger partial charge in [-0.3, -0.25) is 0 Å². The predicted molar refractivity (Wildman–Crippen MR) is 83.0 cm³/mol. The lowest BCUT2D eigenvalue weighted by Crippen LogP contribution is -2.16. The Morgan fingerprint density at radius 3 is 2.95 bits per heavy atom. The first-order valence-corrected chi connectivity index (χ1v) is 7.70. The fraction of sp³-hybridized carbons (Fsp3) is 0.400. The molecule has 0 radical (unpaired) electrons. The fourth-order valence-corrected chi connectivity index (χ4v) is 2.88. The molecule has 4 nitrogen and oxygen atoms in total. The molecule has 1 heterocycles. The topological polar surface area (TPSA) is 37.4 Å². The van der Waals surface area contributed by atoms with E-state index in [9.17, 15) is 0 Å². The third kappa shape index (κ3) is 2.94. The average Bonchev–Trinajstić information content (AvgIpc) is 3.21. The largest absolute Gasteiger partial charge is 0.495 e. The molecule has 1 aromatic heterocycles. The zero-order chi connectivity index (χ0) is 13.9. The summed E-state index contributed by atoms with van der Waals surface area (Å²) in [5.74, 6) is 0.864. The Morgan fingerprint density at radius 2 is 2.20 bits per heavy atom. The van der Waals surface area contributed by atoms with Crippen molar-refractivity contribution in [3.8, 4) is 5.75 Å². The highest BCUT2D eigenvalue weighted by Crippen LogP contribution is 2.33. The average molecular weight is 289 g/mol. The molecule has 0 aliphatic heterocycles. The van der Waals surface area contributed by atoms with E-state index in [1.54, 1.807) is 18.4 Å². The lowest BCUT2D eigenvalue weighted by atomic mass is 10.3. The number of para-hydroxylation sites is 2. The Balaban J connectivity index is 1.73. The lowest BCUT2D eigenvalue weighted by Gasteiger charge is -2.18. The summed E-state index contributed by atoms with van der Waals surface area (Å²) in [6.07, 6.45) is 2.61. The number of hydrogen-bond donors (Lipinski definition) is 1. The van der Waals surface area contributed by atoms with Crippen molar-refractivity contribution in [1.29, 1.82) is 0 Å². The van der Waals surface area contributed by atoms with Crippen LogP contribution >= 0.6 is 11.3 Å². The number of aromatic nitrogens is 1. The minimum atomic E-state index is 0.715. The highest BCUT2D eigenvalue weighted by atomic mass is 32.1. The third-order valence-electron chi connectivity index (χ3n) is 3.42. The highest BCUT2D eigenvalue weighted by molar-refractivity contribution is 7.13. The van der Waals surface area contributed by atoms with E-state index in [0.717, 1.165) is 28.8 Å². The normalized spacial score (nSPS) is 14.3. The van der Waals surface area contributed by atoms with E-state index in [1.807, 2.05) is 31.3 Å². The van der Waals surface area contributed by atoms with Gasteiger partial charge in [0.05, 0.1) is 18.5 Å². The number of thiazole rings is 1. The van der Waals surface area contributed by atoms with Crippen molar-refractivity contribution in [3.63, 3.8) is 0 Å². The van der Waals surface area contributed by atoms with E-state index in [-0.39, 0.29) is 0 Å². The summed E-state index contributed by atoms with van der Waals surface area (Å²) < 4.78 is 5.40. The molecule has 5 heteroatoms. The molecule has 0 saturated heterocycles. The van der Waals surface area contributed by atoms with Crippen LogP contribution < -0.4 is 15.0 Å². The Labute approximate surface area is 123 Å². The van der Waals surface area contributed by atoms with Gasteiger partial charge in [0.1, 0.15) is 5.75 Å². The van der Waals surface area contributed by atoms with E-state index in [2.05, 4.69) is 20.6 Å². The molecule has 20 heavy (non-hydrogen) atoms. The first-order valence-electron chi connectivity index (χ1n) is 6.82. The van der Waals surface area contributed by atoms with Crippen molar-refractivity contribution in [1.82, 2.24) is 10.3 Å². The Hall–Kier alpha value is -1.59. The molecule has 1 aromatic carbocycles. The van der Waals surface area contributed by atoms with Gasteiger partial charge < -0.3 is 15.0 Å². The van der Waals surface area contributed by atoms with Crippen LogP contribution in [0, 0.1) is 0 Å². The first-order chi connectivity index (χ1) is 9.78. The van der Waals surface area contributed by atoms with Gasteiger partial charge in [0.25, 0.3) is 0 Å². The fourth-order valence-electron chi connectivity index (χ4n) is 2.08. The molecule has 0 unspecified atom stereocenters. The molecule has 3 rings (SSSR count). The standard InChI is InChI=1S/C15H19N3OS/c1-18(13-5-3-4-6-14(13)19-2)15-17-12(10-20-15)9-16-11-7-8-11/h3-6,10-11,16H,7-9H2,1-2H3. The van der Waals surface area contributed by atoms with Crippen LogP contribution in [0.5, 0.6) is 5.75 Å². The smallest absolute Gasteiger partial charge is 0.189 e. The molecule has 0 atom stereocenters. The quantitative estimate of drug-likeness (QED) is 0.886. The lowest BCUT2D eigenvalue weighted by molar-refractivity contribution is 0.415. The summed E-state index contributed by atoms with van der Waals surface area (Å²) in [6, 6.07) is 8.71. The summed E-state index contributed by atoms with van der Waals surface area (Å²) in [4.78, 5) is 6.76. The van der Waals surface area contributed by atoms with Gasteiger partial charge in [-0.15, -0.1) is 11.3 Å². The van der Waals surface area contributed by atoms with Crippen molar-refractivity contribution >= 4 is 22.2 Å². The minimum absolute atomic E-state index is 0.715. The summed E-state index contributed by atoms with van der Waals surface area (Å²) >= 11 is 1.66. The number of nitrogens with one attached hydrogen (secondary N) is 1. The predicted octanol–water partition coefficient (Wildman–Crippen LogP) is 3.17. The minimum Gasteiger partial charge on any atom is -0.495 e. The summed E-state index contributed by atoms with van der Waals surface area (Å²) in [5.41, 5.74) is 2.14. The van der Waals surface area contributed by atoms with Gasteiger partial charge in [-0.05, 0) is 25.0 Å². The van der Waals surface area contributed by atoms with E-state index < -0.39 is 0 Å².